The lowest BCUT2D eigenvalue weighted by Crippen LogP contribution is -2.13. The predicted octanol–water partition coefficient (Wildman–Crippen LogP) is 6.52. The summed E-state index contributed by atoms with van der Waals surface area (Å²) in [5, 5.41) is 34.3. The third-order valence-electron chi connectivity index (χ3n) is 5.01. The lowest BCUT2D eigenvalue weighted by atomic mass is 10.0. The second-order valence-electron chi connectivity index (χ2n) is 7.17. The Hall–Kier alpha value is -4.79. The molecule has 9 heteroatoms. The van der Waals surface area contributed by atoms with Gasteiger partial charge in [0.25, 0.3) is 11.6 Å². The molecule has 0 spiro atoms. The molecule has 0 aliphatic carbocycles. The van der Waals surface area contributed by atoms with Gasteiger partial charge in [-0.1, -0.05) is 48.5 Å². The van der Waals surface area contributed by atoms with Crippen LogP contribution in [0.1, 0.15) is 17.3 Å². The van der Waals surface area contributed by atoms with Crippen LogP contribution in [0.5, 0.6) is 11.5 Å². The summed E-state index contributed by atoms with van der Waals surface area (Å²) in [5.74, 6) is -0.472. The van der Waals surface area contributed by atoms with Gasteiger partial charge in [-0.3, -0.25) is 14.9 Å². The topological polar surface area (TPSA) is 126 Å². The van der Waals surface area contributed by atoms with E-state index in [1.165, 1.54) is 18.2 Å². The summed E-state index contributed by atoms with van der Waals surface area (Å²) in [7, 11) is 0. The zero-order chi connectivity index (χ0) is 24.1. The Morgan fingerprint density at radius 1 is 1.03 bits per heavy atom. The first-order chi connectivity index (χ1) is 16.5. The summed E-state index contributed by atoms with van der Waals surface area (Å²) in [4.78, 5) is 23.8. The molecule has 9 nitrogen and oxygen atoms in total. The van der Waals surface area contributed by atoms with Crippen LogP contribution in [0.25, 0.3) is 10.8 Å². The number of para-hydroxylation sites is 3. The molecule has 2 N–H and O–H groups in total. The van der Waals surface area contributed by atoms with Crippen LogP contribution >= 0.6 is 0 Å². The van der Waals surface area contributed by atoms with Crippen molar-refractivity contribution < 1.29 is 19.6 Å². The number of nitro benzene ring substituents is 1. The van der Waals surface area contributed by atoms with Crippen molar-refractivity contribution in [2.75, 3.05) is 11.9 Å². The number of rotatable bonds is 7. The molecule has 0 aliphatic rings. The number of aromatic hydroxyl groups is 1. The Morgan fingerprint density at radius 3 is 2.53 bits per heavy atom. The molecular weight excluding hydrogens is 436 g/mol. The number of amides is 1. The first-order valence-electron chi connectivity index (χ1n) is 10.4. The Kier molecular flexibility index (Phi) is 6.45. The number of anilines is 1. The van der Waals surface area contributed by atoms with Crippen molar-refractivity contribution in [3.8, 4) is 11.5 Å². The van der Waals surface area contributed by atoms with Crippen molar-refractivity contribution >= 4 is 39.4 Å². The third-order valence-corrected chi connectivity index (χ3v) is 5.01. The van der Waals surface area contributed by atoms with E-state index in [0.717, 1.165) is 0 Å². The van der Waals surface area contributed by atoms with Gasteiger partial charge in [-0.05, 0) is 36.6 Å². The minimum Gasteiger partial charge on any atom is -0.505 e. The van der Waals surface area contributed by atoms with Gasteiger partial charge in [-0.25, -0.2) is 0 Å². The maximum atomic E-state index is 13.1. The van der Waals surface area contributed by atoms with Crippen LogP contribution in [0.3, 0.4) is 0 Å². The van der Waals surface area contributed by atoms with E-state index < -0.39 is 16.6 Å². The molecule has 0 bridgehead atoms. The highest BCUT2D eigenvalue weighted by Gasteiger charge is 2.20. The molecule has 0 aromatic heterocycles. The smallest absolute Gasteiger partial charge is 0.296 e. The molecule has 0 radical (unpaired) electrons. The quantitative estimate of drug-likeness (QED) is 0.186. The van der Waals surface area contributed by atoms with E-state index in [-0.39, 0.29) is 22.6 Å². The summed E-state index contributed by atoms with van der Waals surface area (Å²) in [6.45, 7) is 2.26. The molecule has 4 aromatic carbocycles. The van der Waals surface area contributed by atoms with Gasteiger partial charge in [0.05, 0.1) is 22.8 Å². The number of benzene rings is 4. The highest BCUT2D eigenvalue weighted by molar-refractivity contribution is 6.12. The first kappa shape index (κ1) is 22.4. The van der Waals surface area contributed by atoms with Gasteiger partial charge in [0.15, 0.2) is 11.4 Å². The number of azo groups is 1. The average Bonchev–Trinajstić information content (AvgIpc) is 2.84. The van der Waals surface area contributed by atoms with Crippen molar-refractivity contribution in [1.82, 2.24) is 0 Å². The average molecular weight is 456 g/mol. The number of hydrogen-bond acceptors (Lipinski definition) is 7. The summed E-state index contributed by atoms with van der Waals surface area (Å²) in [5.41, 5.74) is 0.249. The van der Waals surface area contributed by atoms with Gasteiger partial charge in [0, 0.05) is 11.5 Å². The van der Waals surface area contributed by atoms with Crippen LogP contribution in [0.15, 0.2) is 89.1 Å². The van der Waals surface area contributed by atoms with Crippen LogP contribution in [0, 0.1) is 10.1 Å². The van der Waals surface area contributed by atoms with E-state index in [2.05, 4.69) is 15.5 Å². The van der Waals surface area contributed by atoms with E-state index in [1.807, 2.05) is 6.92 Å². The van der Waals surface area contributed by atoms with Crippen LogP contribution < -0.4 is 10.1 Å². The van der Waals surface area contributed by atoms with Crippen molar-refractivity contribution in [3.63, 3.8) is 0 Å². The molecule has 0 unspecified atom stereocenters. The number of hydrogen-bond donors (Lipinski definition) is 2. The molecule has 4 rings (SSSR count). The minimum atomic E-state index is -0.572. The Labute approximate surface area is 194 Å². The van der Waals surface area contributed by atoms with Gasteiger partial charge >= 0.3 is 0 Å². The summed E-state index contributed by atoms with van der Waals surface area (Å²) in [6, 6.07) is 21.4. The normalized spacial score (nSPS) is 11.0. The number of nitrogens with one attached hydrogen (secondary N) is 1. The van der Waals surface area contributed by atoms with E-state index >= 15 is 0 Å². The fourth-order valence-corrected chi connectivity index (χ4v) is 3.44. The van der Waals surface area contributed by atoms with E-state index in [1.54, 1.807) is 60.7 Å². The maximum absolute atomic E-state index is 13.1. The maximum Gasteiger partial charge on any atom is 0.296 e. The number of carbonyl (C=O) groups is 1. The Bertz CT molecular complexity index is 1420. The van der Waals surface area contributed by atoms with Gasteiger partial charge in [-0.15, -0.1) is 10.2 Å². The lowest BCUT2D eigenvalue weighted by Gasteiger charge is -2.13. The van der Waals surface area contributed by atoms with E-state index in [4.69, 9.17) is 4.74 Å². The largest absolute Gasteiger partial charge is 0.505 e. The first-order valence-corrected chi connectivity index (χ1v) is 10.4. The van der Waals surface area contributed by atoms with Crippen LogP contribution in [0.4, 0.5) is 22.7 Å². The van der Waals surface area contributed by atoms with Gasteiger partial charge in [-0.2, -0.15) is 0 Å². The fraction of sp³-hybridized carbons (Fsp3) is 0.0800. The van der Waals surface area contributed by atoms with E-state index in [0.29, 0.717) is 28.8 Å². The SMILES string of the molecule is CCOc1ccccc1NC(=O)c1cc2ccccc2c(N=Nc2ccccc2[N+](=O)[O-])c1O. The number of ether oxygens (including phenoxy) is 1. The van der Waals surface area contributed by atoms with Crippen molar-refractivity contribution in [2.45, 2.75) is 6.92 Å². The number of nitrogens with zero attached hydrogens (tertiary/aromatic N) is 3. The third kappa shape index (κ3) is 4.53. The molecular formula is C25H20N4O5. The van der Waals surface area contributed by atoms with Crippen molar-refractivity contribution in [3.05, 3.63) is 94.5 Å². The Morgan fingerprint density at radius 2 is 1.74 bits per heavy atom. The van der Waals surface area contributed by atoms with Crippen LogP contribution in [-0.2, 0) is 0 Å². The molecule has 0 fully saturated rings. The number of nitro groups is 1. The molecule has 0 atom stereocenters. The minimum absolute atomic E-state index is 0.0245. The zero-order valence-electron chi connectivity index (χ0n) is 18.1. The summed E-state index contributed by atoms with van der Waals surface area (Å²) >= 11 is 0. The van der Waals surface area contributed by atoms with Gasteiger partial charge in [0.2, 0.25) is 0 Å². The lowest BCUT2D eigenvalue weighted by molar-refractivity contribution is -0.384. The second kappa shape index (κ2) is 9.78. The molecule has 170 valence electrons. The predicted molar refractivity (Wildman–Crippen MR) is 128 cm³/mol. The number of phenols is 1. The summed E-state index contributed by atoms with van der Waals surface area (Å²) < 4.78 is 5.55. The number of phenolic OH excluding ortho intramolecular Hbond substituents is 1. The monoisotopic (exact) mass is 456 g/mol. The fourth-order valence-electron chi connectivity index (χ4n) is 3.44. The highest BCUT2D eigenvalue weighted by atomic mass is 16.6. The molecule has 0 heterocycles. The number of fused-ring (bicyclic) bond motifs is 1. The van der Waals surface area contributed by atoms with Crippen LogP contribution in [-0.4, -0.2) is 22.5 Å². The van der Waals surface area contributed by atoms with Crippen molar-refractivity contribution in [2.24, 2.45) is 10.2 Å². The second-order valence-corrected chi connectivity index (χ2v) is 7.17. The van der Waals surface area contributed by atoms with Crippen LogP contribution in [0.2, 0.25) is 0 Å². The number of carbonyl (C=O) groups excluding carboxylic acids is 1. The standard InChI is InChI=1S/C25H20N4O5/c1-2-34-22-14-8-6-12-20(22)26-25(31)18-15-16-9-3-4-10-17(16)23(24(18)30)28-27-19-11-5-7-13-21(19)29(32)33/h3-15,30H,2H2,1H3,(H,26,31). The molecule has 0 saturated heterocycles. The van der Waals surface area contributed by atoms with E-state index in [9.17, 15) is 20.0 Å². The van der Waals surface area contributed by atoms with Gasteiger partial charge in [0.1, 0.15) is 11.4 Å². The van der Waals surface area contributed by atoms with Crippen molar-refractivity contribution in [1.29, 1.82) is 0 Å². The summed E-state index contributed by atoms with van der Waals surface area (Å²) in [6.07, 6.45) is 0. The highest BCUT2D eigenvalue weighted by Crippen LogP contribution is 2.40. The Balaban J connectivity index is 1.78. The molecule has 4 aromatic rings. The molecule has 0 saturated carbocycles. The molecule has 34 heavy (non-hydrogen) atoms. The zero-order valence-corrected chi connectivity index (χ0v) is 18.1. The molecule has 1 amide bonds. The van der Waals surface area contributed by atoms with Gasteiger partial charge < -0.3 is 15.2 Å². The molecule has 0 aliphatic heterocycles.